The van der Waals surface area contributed by atoms with Gasteiger partial charge >= 0.3 is 11.9 Å². The second kappa shape index (κ2) is 17.1. The average Bonchev–Trinajstić information content (AvgIpc) is 4.01. The molecule has 3 amide bonds. The molecule has 2 aromatic heterocycles. The number of rotatable bonds is 13. The summed E-state index contributed by atoms with van der Waals surface area (Å²) in [5.74, 6) is -11.9. The molecule has 19 heteroatoms. The van der Waals surface area contributed by atoms with E-state index in [1.54, 1.807) is 106 Å². The standard InChI is InChI=1S/C51H41N9O10/c1-24-16-28(23-41(62)63)32(17-25(24)2)48(66)53-37-19-27(21-39(47(37)65)60-56-35-10-6-7-11-36(35)57-60)26-18-29(46(64)38(20-26)59-54-33-8-4-5-9-34(33)55-59)22-40(61)42-43-44(45(42)51(69)70)50(68)58(49(43)67)31-14-12-30(52-3)13-15-31/h4-21,42-45,52,64-65H,22-23H2,1-3H3,(H,53,66)(H,62,63)(H,69,70). The third kappa shape index (κ3) is 7.58. The molecule has 0 spiro atoms. The van der Waals surface area contributed by atoms with Gasteiger partial charge < -0.3 is 31.1 Å². The summed E-state index contributed by atoms with van der Waals surface area (Å²) >= 11 is 0. The Bertz CT molecular complexity index is 3480. The topological polar surface area (TPSA) is 272 Å². The molecule has 6 N–H and O–H groups in total. The van der Waals surface area contributed by atoms with E-state index >= 15 is 0 Å². The summed E-state index contributed by atoms with van der Waals surface area (Å²) in [6.07, 6.45) is -1.06. The lowest BCUT2D eigenvalue weighted by atomic mass is 9.55. The largest absolute Gasteiger partial charge is 0.505 e. The van der Waals surface area contributed by atoms with Crippen molar-refractivity contribution < 1.29 is 49.2 Å². The van der Waals surface area contributed by atoms with Crippen molar-refractivity contribution in [3.05, 3.63) is 137 Å². The van der Waals surface area contributed by atoms with E-state index in [-0.39, 0.29) is 50.6 Å². The van der Waals surface area contributed by atoms with Crippen molar-refractivity contribution in [2.45, 2.75) is 26.7 Å². The number of fused-ring (bicyclic) bond motifs is 3. The first-order valence-electron chi connectivity index (χ1n) is 22.0. The lowest BCUT2D eigenvalue weighted by molar-refractivity contribution is -0.167. The van der Waals surface area contributed by atoms with E-state index in [4.69, 9.17) is 0 Å². The number of aromatic hydroxyl groups is 2. The van der Waals surface area contributed by atoms with Crippen LogP contribution in [-0.4, -0.2) is 92.9 Å². The second-order valence-corrected chi connectivity index (χ2v) is 17.4. The fourth-order valence-corrected chi connectivity index (χ4v) is 9.50. The predicted molar refractivity (Wildman–Crippen MR) is 254 cm³/mol. The first kappa shape index (κ1) is 44.6. The molecule has 1 saturated heterocycles. The maximum absolute atomic E-state index is 14.6. The minimum absolute atomic E-state index is 0.00979. The second-order valence-electron chi connectivity index (χ2n) is 17.4. The van der Waals surface area contributed by atoms with Crippen LogP contribution in [0.25, 0.3) is 44.6 Å². The molecule has 10 rings (SSSR count). The van der Waals surface area contributed by atoms with E-state index in [0.29, 0.717) is 27.8 Å². The summed E-state index contributed by atoms with van der Waals surface area (Å²) in [5, 5.41) is 68.1. The van der Waals surface area contributed by atoms with E-state index in [1.165, 1.54) is 33.9 Å². The fraction of sp³-hybridized carbons (Fsp3) is 0.176. The van der Waals surface area contributed by atoms with Crippen LogP contribution in [0.3, 0.4) is 0 Å². The summed E-state index contributed by atoms with van der Waals surface area (Å²) in [7, 11) is 1.70. The number of aryl methyl sites for hydroxylation is 2. The first-order valence-corrected chi connectivity index (χ1v) is 22.0. The summed E-state index contributed by atoms with van der Waals surface area (Å²) < 4.78 is 0. The van der Waals surface area contributed by atoms with Crippen LogP contribution in [0.1, 0.15) is 32.6 Å². The van der Waals surface area contributed by atoms with Crippen molar-refractivity contribution in [1.82, 2.24) is 30.0 Å². The molecule has 1 aliphatic heterocycles. The molecular formula is C51H41N9O10. The number of imide groups is 1. The van der Waals surface area contributed by atoms with Gasteiger partial charge in [-0.2, -0.15) is 0 Å². The van der Waals surface area contributed by atoms with Gasteiger partial charge in [0.2, 0.25) is 11.8 Å². The van der Waals surface area contributed by atoms with Crippen LogP contribution in [0.4, 0.5) is 17.1 Å². The number of benzene rings is 6. The number of aromatic nitrogens is 6. The Morgan fingerprint density at radius 2 is 1.13 bits per heavy atom. The van der Waals surface area contributed by atoms with Crippen molar-refractivity contribution in [1.29, 1.82) is 0 Å². The lowest BCUT2D eigenvalue weighted by Crippen LogP contribution is -2.55. The molecule has 3 heterocycles. The minimum Gasteiger partial charge on any atom is -0.505 e. The van der Waals surface area contributed by atoms with Gasteiger partial charge in [0.1, 0.15) is 45.0 Å². The van der Waals surface area contributed by atoms with Gasteiger partial charge in [0, 0.05) is 36.2 Å². The van der Waals surface area contributed by atoms with Gasteiger partial charge in [-0.15, -0.1) is 30.0 Å². The van der Waals surface area contributed by atoms with Crippen LogP contribution >= 0.6 is 0 Å². The monoisotopic (exact) mass is 939 g/mol. The minimum atomic E-state index is -1.53. The maximum Gasteiger partial charge on any atom is 0.308 e. The third-order valence-corrected chi connectivity index (χ3v) is 13.1. The Hall–Kier alpha value is -9.26. The van der Waals surface area contributed by atoms with Crippen molar-refractivity contribution in [2.75, 3.05) is 22.6 Å². The number of amides is 3. The highest BCUT2D eigenvalue weighted by Gasteiger charge is 2.69. The number of hydrogen-bond acceptors (Lipinski definition) is 13. The molecule has 70 heavy (non-hydrogen) atoms. The van der Waals surface area contributed by atoms with Crippen molar-refractivity contribution in [3.8, 4) is 34.0 Å². The average molecular weight is 940 g/mol. The number of ketones is 1. The quantitative estimate of drug-likeness (QED) is 0.0570. The fourth-order valence-electron chi connectivity index (χ4n) is 9.50. The molecule has 4 unspecified atom stereocenters. The molecule has 0 bridgehead atoms. The van der Waals surface area contributed by atoms with Crippen molar-refractivity contribution in [2.24, 2.45) is 23.7 Å². The zero-order chi connectivity index (χ0) is 49.3. The number of hydrogen-bond donors (Lipinski definition) is 6. The van der Waals surface area contributed by atoms with Crippen molar-refractivity contribution in [3.63, 3.8) is 0 Å². The van der Waals surface area contributed by atoms with Crippen LogP contribution in [0.15, 0.2) is 109 Å². The van der Waals surface area contributed by atoms with Gasteiger partial charge in [-0.05, 0) is 121 Å². The molecular weight excluding hydrogens is 899 g/mol. The molecule has 8 aromatic rings. The van der Waals surface area contributed by atoms with Crippen LogP contribution < -0.4 is 15.5 Å². The van der Waals surface area contributed by atoms with Crippen molar-refractivity contribution >= 4 is 74.6 Å². The Balaban J connectivity index is 1.10. The summed E-state index contributed by atoms with van der Waals surface area (Å²) in [4.78, 5) is 84.6. The van der Waals surface area contributed by atoms with Gasteiger partial charge in [0.15, 0.2) is 5.75 Å². The zero-order valence-corrected chi connectivity index (χ0v) is 37.5. The van der Waals surface area contributed by atoms with Gasteiger partial charge in [-0.25, -0.2) is 0 Å². The van der Waals surface area contributed by atoms with Crippen LogP contribution in [0.5, 0.6) is 11.5 Å². The Morgan fingerprint density at radius 1 is 0.614 bits per heavy atom. The van der Waals surface area contributed by atoms with E-state index in [2.05, 4.69) is 31.0 Å². The summed E-state index contributed by atoms with van der Waals surface area (Å²) in [6.45, 7) is 3.57. The van der Waals surface area contributed by atoms with E-state index in [9.17, 15) is 49.2 Å². The molecule has 19 nitrogen and oxygen atoms in total. The number of carboxylic acid groups (broad SMARTS) is 2. The number of carbonyl (C=O) groups is 6. The highest BCUT2D eigenvalue weighted by atomic mass is 16.4. The molecule has 2 fully saturated rings. The van der Waals surface area contributed by atoms with Gasteiger partial charge in [0.25, 0.3) is 5.91 Å². The SMILES string of the molecule is CNc1ccc(N2C(=O)C3C(C(=O)O)C(C(=O)Cc4cc(-c5cc(NC(=O)c6cc(C)c(C)cc6CC(=O)O)c(O)c(-n6nc7ccccc7n6)c5)cc(-n5nc6ccccc6n5)c4O)C3C2=O)cc1. The molecule has 4 atom stereocenters. The van der Waals surface area contributed by atoms with Gasteiger partial charge in [0.05, 0.1) is 35.5 Å². The number of phenolic OH excluding ortho intramolecular Hbond substituents is 2. The van der Waals surface area contributed by atoms with Crippen LogP contribution in [0.2, 0.25) is 0 Å². The van der Waals surface area contributed by atoms with E-state index in [0.717, 1.165) is 16.0 Å². The van der Waals surface area contributed by atoms with E-state index in [1.807, 2.05) is 0 Å². The van der Waals surface area contributed by atoms with Gasteiger partial charge in [-0.1, -0.05) is 30.3 Å². The zero-order valence-electron chi connectivity index (χ0n) is 37.5. The third-order valence-electron chi connectivity index (χ3n) is 13.1. The molecule has 350 valence electrons. The molecule has 2 aliphatic rings. The number of carboxylic acids is 2. The summed E-state index contributed by atoms with van der Waals surface area (Å²) in [5.41, 5.74) is 4.94. The number of aliphatic carboxylic acids is 2. The maximum atomic E-state index is 14.6. The van der Waals surface area contributed by atoms with Crippen LogP contribution in [-0.2, 0) is 36.8 Å². The first-order chi connectivity index (χ1) is 33.6. The summed E-state index contributed by atoms with van der Waals surface area (Å²) in [6, 6.07) is 29.4. The predicted octanol–water partition coefficient (Wildman–Crippen LogP) is 6.02. The number of carbonyl (C=O) groups excluding carboxylic acids is 4. The molecule has 1 aliphatic carbocycles. The smallest absolute Gasteiger partial charge is 0.308 e. The lowest BCUT2D eigenvalue weighted by Gasteiger charge is -2.41. The van der Waals surface area contributed by atoms with Gasteiger partial charge in [-0.3, -0.25) is 33.7 Å². The Kier molecular flexibility index (Phi) is 10.9. The van der Waals surface area contributed by atoms with Crippen LogP contribution in [0, 0.1) is 37.5 Å². The number of nitrogens with one attached hydrogen (secondary N) is 2. The van der Waals surface area contributed by atoms with E-state index < -0.39 is 83.5 Å². The molecule has 0 radical (unpaired) electrons. The highest BCUT2D eigenvalue weighted by Crippen LogP contribution is 2.54. The Morgan fingerprint density at radius 3 is 1.66 bits per heavy atom. The number of nitrogens with zero attached hydrogens (tertiary/aromatic N) is 7. The molecule has 1 saturated carbocycles. The number of Topliss-reactive ketones (excluding diaryl/α,β-unsaturated/α-hetero) is 1. The number of anilines is 3. The highest BCUT2D eigenvalue weighted by molar-refractivity contribution is 6.25. The number of phenols is 2. The Labute approximate surface area is 396 Å². The molecule has 6 aromatic carbocycles. The normalized spacial score (nSPS) is 17.4.